The van der Waals surface area contributed by atoms with E-state index in [2.05, 4.69) is 5.32 Å². The third kappa shape index (κ3) is 4.32. The number of anilines is 1. The van der Waals surface area contributed by atoms with E-state index < -0.39 is 11.7 Å². The van der Waals surface area contributed by atoms with Gasteiger partial charge in [-0.3, -0.25) is 4.79 Å². The standard InChI is InChI=1S/C28H37F3N4O3/c1-37-25-16-38-8-6-23(25)33-19-10-18-3-2-7-27(18,12-19)26(36)35-15-20-11-21(35)14-34(20)24-9-17(13-32)4-5-22(24)28(29,30)31/h4-5,9,13,18-21,23,25,32-33H,2-3,6-8,10-12,14-16H2,1H3/t18-,19-,20+,21+,23+,25-,27-/m1/s1. The third-order valence-electron chi connectivity index (χ3n) is 9.92. The fraction of sp³-hybridized carbons (Fsp3) is 0.714. The second-order valence-corrected chi connectivity index (χ2v) is 11.9. The summed E-state index contributed by atoms with van der Waals surface area (Å²) in [6, 6.07) is 4.15. The van der Waals surface area contributed by atoms with Crippen molar-refractivity contribution in [3.63, 3.8) is 0 Å². The molecule has 2 saturated carbocycles. The van der Waals surface area contributed by atoms with Crippen molar-refractivity contribution in [2.24, 2.45) is 11.3 Å². The molecule has 5 fully saturated rings. The Labute approximate surface area is 221 Å². The summed E-state index contributed by atoms with van der Waals surface area (Å²) in [6.07, 6.45) is 3.03. The second-order valence-electron chi connectivity index (χ2n) is 11.9. The van der Waals surface area contributed by atoms with E-state index in [1.807, 2.05) is 9.80 Å². The fourth-order valence-corrected chi connectivity index (χ4v) is 8.17. The lowest BCUT2D eigenvalue weighted by molar-refractivity contribution is -0.145. The van der Waals surface area contributed by atoms with E-state index in [1.165, 1.54) is 12.1 Å². The number of nitrogens with zero attached hydrogens (tertiary/aromatic N) is 2. The van der Waals surface area contributed by atoms with Crippen LogP contribution in [-0.2, 0) is 20.4 Å². The molecule has 3 aliphatic heterocycles. The normalized spacial score (nSPS) is 36.6. The molecule has 1 aromatic carbocycles. The predicted octanol–water partition coefficient (Wildman–Crippen LogP) is 3.83. The van der Waals surface area contributed by atoms with Gasteiger partial charge in [0.2, 0.25) is 5.91 Å². The number of carbonyl (C=O) groups is 1. The van der Waals surface area contributed by atoms with Gasteiger partial charge in [0.25, 0.3) is 0 Å². The maximum atomic E-state index is 14.2. The summed E-state index contributed by atoms with van der Waals surface area (Å²) in [5.74, 6) is 0.570. The first-order valence-electron chi connectivity index (χ1n) is 13.9. The van der Waals surface area contributed by atoms with Crippen LogP contribution in [0.1, 0.15) is 56.1 Å². The Kier molecular flexibility index (Phi) is 6.71. The van der Waals surface area contributed by atoms with E-state index in [-0.39, 0.29) is 47.3 Å². The average molecular weight is 535 g/mol. The van der Waals surface area contributed by atoms with Crippen LogP contribution in [0.3, 0.4) is 0 Å². The number of benzene rings is 1. The second kappa shape index (κ2) is 9.78. The number of hydrogen-bond acceptors (Lipinski definition) is 6. The smallest absolute Gasteiger partial charge is 0.379 e. The third-order valence-corrected chi connectivity index (χ3v) is 9.92. The number of alkyl halides is 3. The van der Waals surface area contributed by atoms with Gasteiger partial charge in [0, 0.05) is 56.8 Å². The number of amides is 1. The molecule has 1 aromatic rings. The summed E-state index contributed by atoms with van der Waals surface area (Å²) in [6.45, 7) is 2.17. The number of methoxy groups -OCH3 is 1. The molecule has 0 unspecified atom stereocenters. The number of ether oxygens (including phenoxy) is 2. The summed E-state index contributed by atoms with van der Waals surface area (Å²) < 4.78 is 52.7. The van der Waals surface area contributed by atoms with E-state index in [4.69, 9.17) is 14.9 Å². The largest absolute Gasteiger partial charge is 0.418 e. The molecule has 5 aliphatic rings. The van der Waals surface area contributed by atoms with Crippen molar-refractivity contribution in [1.29, 1.82) is 5.41 Å². The number of likely N-dealkylation sites (tertiary alicyclic amines) is 1. The minimum absolute atomic E-state index is 0.0175. The van der Waals surface area contributed by atoms with Crippen LogP contribution in [-0.4, -0.2) is 80.7 Å². The van der Waals surface area contributed by atoms with Crippen LogP contribution < -0.4 is 10.2 Å². The number of halogens is 3. The van der Waals surface area contributed by atoms with Crippen LogP contribution in [0.15, 0.2) is 18.2 Å². The molecule has 6 rings (SSSR count). The molecule has 10 heteroatoms. The molecule has 0 radical (unpaired) electrons. The van der Waals surface area contributed by atoms with Crippen LogP contribution in [0.25, 0.3) is 0 Å². The molecule has 7 nitrogen and oxygen atoms in total. The molecule has 7 atom stereocenters. The highest BCUT2D eigenvalue weighted by Crippen LogP contribution is 2.56. The van der Waals surface area contributed by atoms with Gasteiger partial charge >= 0.3 is 6.18 Å². The quantitative estimate of drug-likeness (QED) is 0.543. The van der Waals surface area contributed by atoms with Crippen molar-refractivity contribution < 1.29 is 27.4 Å². The predicted molar refractivity (Wildman–Crippen MR) is 137 cm³/mol. The van der Waals surface area contributed by atoms with Gasteiger partial charge in [0.05, 0.1) is 29.7 Å². The van der Waals surface area contributed by atoms with Gasteiger partial charge in [-0.15, -0.1) is 0 Å². The molecule has 1 amide bonds. The van der Waals surface area contributed by atoms with E-state index in [1.54, 1.807) is 7.11 Å². The van der Waals surface area contributed by atoms with Crippen molar-refractivity contribution in [1.82, 2.24) is 10.2 Å². The minimum atomic E-state index is -4.47. The molecule has 0 spiro atoms. The van der Waals surface area contributed by atoms with Crippen molar-refractivity contribution in [3.05, 3.63) is 29.3 Å². The fourth-order valence-electron chi connectivity index (χ4n) is 8.17. The van der Waals surface area contributed by atoms with Gasteiger partial charge in [-0.2, -0.15) is 13.2 Å². The van der Waals surface area contributed by atoms with Gasteiger partial charge in [0.1, 0.15) is 0 Å². The van der Waals surface area contributed by atoms with Crippen LogP contribution >= 0.6 is 0 Å². The summed E-state index contributed by atoms with van der Waals surface area (Å²) in [7, 11) is 1.72. The lowest BCUT2D eigenvalue weighted by Gasteiger charge is -2.41. The lowest BCUT2D eigenvalue weighted by atomic mass is 9.78. The highest BCUT2D eigenvalue weighted by molar-refractivity contribution is 5.85. The van der Waals surface area contributed by atoms with E-state index in [0.717, 1.165) is 50.8 Å². The SMILES string of the molecule is CO[C@@H]1COCC[C@@H]1N[C@@H]1C[C@H]2CCC[C@@]2(C(=O)N2C[C@@H]3C[C@H]2CN3c2cc(C=N)ccc2C(F)(F)F)C1. The van der Waals surface area contributed by atoms with Gasteiger partial charge < -0.3 is 30.0 Å². The minimum Gasteiger partial charge on any atom is -0.379 e. The number of hydrogen-bond donors (Lipinski definition) is 2. The molecule has 2 N–H and O–H groups in total. The Bertz CT molecular complexity index is 1080. The molecular formula is C28H37F3N4O3. The maximum Gasteiger partial charge on any atom is 0.418 e. The first-order valence-corrected chi connectivity index (χ1v) is 13.9. The van der Waals surface area contributed by atoms with Crippen molar-refractivity contribution >= 4 is 17.8 Å². The maximum absolute atomic E-state index is 14.2. The highest BCUT2D eigenvalue weighted by Gasteiger charge is 2.59. The van der Waals surface area contributed by atoms with Crippen molar-refractivity contribution in [3.8, 4) is 0 Å². The Morgan fingerprint density at radius 3 is 2.79 bits per heavy atom. The highest BCUT2D eigenvalue weighted by atomic mass is 19.4. The molecule has 2 aliphatic carbocycles. The summed E-state index contributed by atoms with van der Waals surface area (Å²) in [5, 5.41) is 11.3. The van der Waals surface area contributed by atoms with Gasteiger partial charge in [-0.25, -0.2) is 0 Å². The van der Waals surface area contributed by atoms with Crippen molar-refractivity contribution in [2.45, 2.75) is 81.4 Å². The summed E-state index contributed by atoms with van der Waals surface area (Å²) >= 11 is 0. The molecule has 208 valence electrons. The Morgan fingerprint density at radius 2 is 2.08 bits per heavy atom. The first kappa shape index (κ1) is 26.1. The number of nitrogens with one attached hydrogen (secondary N) is 2. The molecule has 3 heterocycles. The average Bonchev–Trinajstić information content (AvgIpc) is 3.67. The van der Waals surface area contributed by atoms with Gasteiger partial charge in [-0.05, 0) is 62.1 Å². The van der Waals surface area contributed by atoms with Crippen LogP contribution in [0, 0.1) is 16.7 Å². The van der Waals surface area contributed by atoms with Crippen LogP contribution in [0.2, 0.25) is 0 Å². The molecule has 38 heavy (non-hydrogen) atoms. The number of fused-ring (bicyclic) bond motifs is 3. The Morgan fingerprint density at radius 1 is 1.24 bits per heavy atom. The number of carbonyl (C=O) groups excluding carboxylic acids is 1. The van der Waals surface area contributed by atoms with Crippen LogP contribution in [0.4, 0.5) is 18.9 Å². The Balaban J connectivity index is 1.17. The molecule has 0 aromatic heterocycles. The summed E-state index contributed by atoms with van der Waals surface area (Å²) in [4.78, 5) is 18.0. The van der Waals surface area contributed by atoms with Crippen molar-refractivity contribution in [2.75, 3.05) is 38.3 Å². The summed E-state index contributed by atoms with van der Waals surface area (Å²) in [5.41, 5.74) is -0.460. The topological polar surface area (TPSA) is 77.9 Å². The lowest BCUT2D eigenvalue weighted by Crippen LogP contribution is -2.54. The van der Waals surface area contributed by atoms with Gasteiger partial charge in [0.15, 0.2) is 0 Å². The number of rotatable bonds is 6. The molecule has 2 bridgehead atoms. The van der Waals surface area contributed by atoms with Gasteiger partial charge in [-0.1, -0.05) is 12.5 Å². The monoisotopic (exact) mass is 534 g/mol. The first-order chi connectivity index (χ1) is 18.2. The van der Waals surface area contributed by atoms with E-state index in [0.29, 0.717) is 44.2 Å². The zero-order valence-corrected chi connectivity index (χ0v) is 21.8. The number of piperazine rings is 1. The molecular weight excluding hydrogens is 497 g/mol. The molecule has 3 saturated heterocycles. The Hall–Kier alpha value is -2.17. The van der Waals surface area contributed by atoms with E-state index >= 15 is 0 Å². The zero-order chi connectivity index (χ0) is 26.7. The van der Waals surface area contributed by atoms with E-state index in [9.17, 15) is 18.0 Å². The zero-order valence-electron chi connectivity index (χ0n) is 21.8. The van der Waals surface area contributed by atoms with Crippen LogP contribution in [0.5, 0.6) is 0 Å².